The van der Waals surface area contributed by atoms with Crippen LogP contribution >= 0.6 is 11.6 Å². The number of aromatic nitrogens is 1. The molecule has 0 radical (unpaired) electrons. The number of oxazole rings is 1. The lowest BCUT2D eigenvalue weighted by Crippen LogP contribution is -2.11. The second kappa shape index (κ2) is 8.12. The molecule has 3 aromatic rings. The highest BCUT2D eigenvalue weighted by Gasteiger charge is 2.28. The average molecular weight is 407 g/mol. The van der Waals surface area contributed by atoms with Crippen LogP contribution in [0.4, 0.5) is 5.88 Å². The van der Waals surface area contributed by atoms with Gasteiger partial charge in [0.25, 0.3) is 0 Å². The van der Waals surface area contributed by atoms with Crippen molar-refractivity contribution in [3.05, 3.63) is 59.1 Å². The van der Waals surface area contributed by atoms with Crippen molar-refractivity contribution in [1.82, 2.24) is 4.98 Å². The molecule has 2 aromatic carbocycles. The summed E-state index contributed by atoms with van der Waals surface area (Å²) in [7, 11) is -2.33. The topological polar surface area (TPSA) is 81.4 Å². The van der Waals surface area contributed by atoms with E-state index in [1.807, 2.05) is 31.2 Å². The Morgan fingerprint density at radius 1 is 1.19 bits per heavy atom. The molecule has 0 aliphatic heterocycles. The molecule has 0 amide bonds. The van der Waals surface area contributed by atoms with Gasteiger partial charge in [-0.1, -0.05) is 29.3 Å². The number of anilines is 1. The number of halogens is 1. The molecule has 0 atom stereocenters. The van der Waals surface area contributed by atoms with Crippen LogP contribution in [0.3, 0.4) is 0 Å². The van der Waals surface area contributed by atoms with Crippen LogP contribution in [0, 0.1) is 6.92 Å². The van der Waals surface area contributed by atoms with E-state index in [9.17, 15) is 8.42 Å². The maximum absolute atomic E-state index is 13.1. The number of rotatable bonds is 7. The first-order valence-electron chi connectivity index (χ1n) is 8.23. The first-order valence-corrected chi connectivity index (χ1v) is 10.1. The molecule has 0 aliphatic rings. The van der Waals surface area contributed by atoms with Crippen LogP contribution in [0.5, 0.6) is 0 Å². The zero-order chi connectivity index (χ0) is 19.4. The van der Waals surface area contributed by atoms with E-state index in [4.69, 9.17) is 20.8 Å². The van der Waals surface area contributed by atoms with Crippen LogP contribution in [-0.4, -0.2) is 33.7 Å². The summed E-state index contributed by atoms with van der Waals surface area (Å²) in [5.74, 6) is 0.310. The molecule has 3 rings (SSSR count). The number of nitrogens with one attached hydrogen (secondary N) is 1. The van der Waals surface area contributed by atoms with Crippen LogP contribution in [0.15, 0.2) is 62.9 Å². The number of hydrogen-bond donors (Lipinski definition) is 1. The first-order chi connectivity index (χ1) is 12.9. The lowest BCUT2D eigenvalue weighted by atomic mass is 10.1. The minimum absolute atomic E-state index is 0.0820. The Kier molecular flexibility index (Phi) is 5.84. The highest BCUT2D eigenvalue weighted by atomic mass is 35.5. The van der Waals surface area contributed by atoms with E-state index < -0.39 is 9.84 Å². The van der Waals surface area contributed by atoms with Crippen molar-refractivity contribution < 1.29 is 17.6 Å². The number of hydrogen-bond acceptors (Lipinski definition) is 6. The van der Waals surface area contributed by atoms with Gasteiger partial charge in [-0.3, -0.25) is 0 Å². The Labute approximate surface area is 163 Å². The number of nitrogens with zero attached hydrogens (tertiary/aromatic N) is 1. The van der Waals surface area contributed by atoms with Gasteiger partial charge < -0.3 is 14.5 Å². The smallest absolute Gasteiger partial charge is 0.233 e. The molecule has 0 fully saturated rings. The highest BCUT2D eigenvalue weighted by Crippen LogP contribution is 2.32. The fourth-order valence-corrected chi connectivity index (χ4v) is 3.90. The van der Waals surface area contributed by atoms with Crippen molar-refractivity contribution in [3.8, 4) is 11.5 Å². The molecule has 0 saturated heterocycles. The summed E-state index contributed by atoms with van der Waals surface area (Å²) in [4.78, 5) is 4.37. The van der Waals surface area contributed by atoms with Gasteiger partial charge in [0.2, 0.25) is 26.6 Å². The van der Waals surface area contributed by atoms with Crippen LogP contribution in [0.1, 0.15) is 5.56 Å². The number of aryl methyl sites for hydroxylation is 1. The summed E-state index contributed by atoms with van der Waals surface area (Å²) in [6.45, 7) is 2.71. The van der Waals surface area contributed by atoms with Crippen LogP contribution < -0.4 is 5.32 Å². The van der Waals surface area contributed by atoms with Gasteiger partial charge in [-0.2, -0.15) is 4.98 Å². The third-order valence-corrected chi connectivity index (χ3v) is 5.76. The second-order valence-electron chi connectivity index (χ2n) is 5.90. The molecule has 0 unspecified atom stereocenters. The molecule has 0 saturated carbocycles. The van der Waals surface area contributed by atoms with Gasteiger partial charge in [0.1, 0.15) is 0 Å². The Morgan fingerprint density at radius 2 is 1.93 bits per heavy atom. The molecule has 1 aromatic heterocycles. The standard InChI is InChI=1S/C19H19ClN2O4S/c1-13-4-3-5-14(12-13)17-22-19(18(26-17)21-10-11-25-2)27(23,24)16-8-6-15(20)7-9-16/h3-9,12,21H,10-11H2,1-2H3. The van der Waals surface area contributed by atoms with E-state index >= 15 is 0 Å². The number of ether oxygens (including phenoxy) is 1. The molecule has 8 heteroatoms. The molecule has 6 nitrogen and oxygen atoms in total. The quantitative estimate of drug-likeness (QED) is 0.592. The Hall–Kier alpha value is -2.35. The molecule has 1 N–H and O–H groups in total. The maximum Gasteiger partial charge on any atom is 0.233 e. The fraction of sp³-hybridized carbons (Fsp3) is 0.211. The van der Waals surface area contributed by atoms with Crippen molar-refractivity contribution in [2.75, 3.05) is 25.6 Å². The van der Waals surface area contributed by atoms with Crippen molar-refractivity contribution in [2.45, 2.75) is 16.8 Å². The van der Waals surface area contributed by atoms with Gasteiger partial charge in [-0.05, 0) is 43.3 Å². The van der Waals surface area contributed by atoms with Crippen molar-refractivity contribution in [2.24, 2.45) is 0 Å². The molecule has 27 heavy (non-hydrogen) atoms. The second-order valence-corrected chi connectivity index (χ2v) is 8.20. The van der Waals surface area contributed by atoms with Crippen molar-refractivity contribution in [1.29, 1.82) is 0 Å². The van der Waals surface area contributed by atoms with Gasteiger partial charge in [0.15, 0.2) is 0 Å². The minimum atomic E-state index is -3.89. The van der Waals surface area contributed by atoms with Crippen LogP contribution in [-0.2, 0) is 14.6 Å². The van der Waals surface area contributed by atoms with Crippen LogP contribution in [0.25, 0.3) is 11.5 Å². The van der Waals surface area contributed by atoms with E-state index in [0.717, 1.165) is 5.56 Å². The number of methoxy groups -OCH3 is 1. The van der Waals surface area contributed by atoms with Gasteiger partial charge in [-0.25, -0.2) is 8.42 Å². The maximum atomic E-state index is 13.1. The van der Waals surface area contributed by atoms with E-state index in [1.54, 1.807) is 7.11 Å². The summed E-state index contributed by atoms with van der Waals surface area (Å²) in [5, 5.41) is 3.23. The van der Waals surface area contributed by atoms with Gasteiger partial charge in [0.05, 0.1) is 11.5 Å². The highest BCUT2D eigenvalue weighted by molar-refractivity contribution is 7.91. The van der Waals surface area contributed by atoms with E-state index in [0.29, 0.717) is 23.7 Å². The predicted molar refractivity (Wildman–Crippen MR) is 104 cm³/mol. The Balaban J connectivity index is 2.07. The van der Waals surface area contributed by atoms with Crippen molar-refractivity contribution in [3.63, 3.8) is 0 Å². The zero-order valence-electron chi connectivity index (χ0n) is 14.9. The van der Waals surface area contributed by atoms with Gasteiger partial charge >= 0.3 is 0 Å². The monoisotopic (exact) mass is 406 g/mol. The summed E-state index contributed by atoms with van der Waals surface area (Å²) in [5.41, 5.74) is 1.71. The molecule has 0 spiro atoms. The lowest BCUT2D eigenvalue weighted by Gasteiger charge is -2.05. The molecular weight excluding hydrogens is 388 g/mol. The average Bonchev–Trinajstić information content (AvgIpc) is 3.07. The third-order valence-electron chi connectivity index (χ3n) is 3.83. The van der Waals surface area contributed by atoms with E-state index in [-0.39, 0.29) is 21.7 Å². The predicted octanol–water partition coefficient (Wildman–Crippen LogP) is 4.19. The van der Waals surface area contributed by atoms with Crippen molar-refractivity contribution >= 4 is 27.3 Å². The van der Waals surface area contributed by atoms with Gasteiger partial charge in [0, 0.05) is 24.2 Å². The zero-order valence-corrected chi connectivity index (χ0v) is 16.5. The molecular formula is C19H19ClN2O4S. The largest absolute Gasteiger partial charge is 0.419 e. The summed E-state index contributed by atoms with van der Waals surface area (Å²) >= 11 is 5.87. The lowest BCUT2D eigenvalue weighted by molar-refractivity contribution is 0.210. The molecule has 1 heterocycles. The molecule has 142 valence electrons. The third kappa shape index (κ3) is 4.32. The minimum Gasteiger partial charge on any atom is -0.419 e. The number of sulfone groups is 1. The Bertz CT molecular complexity index is 1030. The summed E-state index contributed by atoms with van der Waals surface area (Å²) in [6.07, 6.45) is 0. The normalized spacial score (nSPS) is 11.5. The first kappa shape index (κ1) is 19.4. The van der Waals surface area contributed by atoms with E-state index in [1.165, 1.54) is 24.3 Å². The number of benzene rings is 2. The summed E-state index contributed by atoms with van der Waals surface area (Å²) in [6, 6.07) is 13.4. The summed E-state index contributed by atoms with van der Waals surface area (Å²) < 4.78 is 36.9. The Morgan fingerprint density at radius 3 is 2.59 bits per heavy atom. The molecule has 0 bridgehead atoms. The molecule has 0 aliphatic carbocycles. The van der Waals surface area contributed by atoms with Gasteiger partial charge in [-0.15, -0.1) is 0 Å². The van der Waals surface area contributed by atoms with E-state index in [2.05, 4.69) is 10.3 Å². The SMILES string of the molecule is COCCNc1oc(-c2cccc(C)c2)nc1S(=O)(=O)c1ccc(Cl)cc1. The van der Waals surface area contributed by atoms with Crippen LogP contribution in [0.2, 0.25) is 5.02 Å². The fourth-order valence-electron chi connectivity index (χ4n) is 2.49.